The minimum atomic E-state index is -2.08. The molecule has 7 aliphatic rings. The van der Waals surface area contributed by atoms with Crippen LogP contribution in [0, 0.1) is 30.6 Å². The summed E-state index contributed by atoms with van der Waals surface area (Å²) in [6.45, 7) is 14.0. The number of hydrogen-bond acceptors (Lipinski definition) is 16. The van der Waals surface area contributed by atoms with Crippen LogP contribution in [0.2, 0.25) is 0 Å². The average Bonchev–Trinajstić information content (AvgIpc) is 3.56. The Kier molecular flexibility index (Phi) is 12.4. The molecule has 1 aliphatic carbocycles. The number of aliphatic hydroxyl groups is 2. The third-order valence-corrected chi connectivity index (χ3v) is 14.1. The van der Waals surface area contributed by atoms with Gasteiger partial charge in [-0.1, -0.05) is 45.9 Å². The van der Waals surface area contributed by atoms with Crippen LogP contribution in [-0.2, 0) is 23.8 Å². The van der Waals surface area contributed by atoms with Gasteiger partial charge < -0.3 is 59.3 Å². The van der Waals surface area contributed by atoms with E-state index in [0.717, 1.165) is 19.4 Å². The van der Waals surface area contributed by atoms with E-state index in [0.29, 0.717) is 12.2 Å². The first-order valence-corrected chi connectivity index (χ1v) is 22.4. The molecule has 0 saturated carbocycles. The molecular weight excluding hydrogens is 853 g/mol. The van der Waals surface area contributed by atoms with Crippen LogP contribution >= 0.6 is 0 Å². The summed E-state index contributed by atoms with van der Waals surface area (Å²) in [6, 6.07) is 3.76. The van der Waals surface area contributed by atoms with Crippen molar-refractivity contribution >= 4 is 50.9 Å². The Bertz CT molecular complexity index is 2740. The predicted octanol–water partition coefficient (Wildman–Crippen LogP) is 5.60. The van der Waals surface area contributed by atoms with Crippen LogP contribution in [0.25, 0.3) is 33.3 Å². The number of anilines is 2. The van der Waals surface area contributed by atoms with Crippen molar-refractivity contribution in [2.75, 3.05) is 30.4 Å². The lowest BCUT2D eigenvalue weighted by molar-refractivity contribution is -0.160. The van der Waals surface area contributed by atoms with Gasteiger partial charge in [0.25, 0.3) is 11.7 Å². The van der Waals surface area contributed by atoms with E-state index >= 15 is 0 Å². The smallest absolute Gasteiger partial charge is 0.312 e. The van der Waals surface area contributed by atoms with Crippen molar-refractivity contribution < 1.29 is 58.2 Å². The van der Waals surface area contributed by atoms with Crippen LogP contribution in [0.5, 0.6) is 17.2 Å². The summed E-state index contributed by atoms with van der Waals surface area (Å²) >= 11 is 0. The highest BCUT2D eigenvalue weighted by Crippen LogP contribution is 2.51. The molecule has 1 amide bonds. The molecule has 3 fully saturated rings. The Balaban J connectivity index is 1.33. The van der Waals surface area contributed by atoms with Crippen LogP contribution < -0.4 is 25.7 Å². The molecule has 0 aromatic heterocycles. The summed E-state index contributed by atoms with van der Waals surface area (Å²) in [5.41, 5.74) is -0.586. The molecule has 11 atom stereocenters. The summed E-state index contributed by atoms with van der Waals surface area (Å²) in [6.07, 6.45) is 5.48. The van der Waals surface area contributed by atoms with Crippen molar-refractivity contribution in [2.24, 2.45) is 23.7 Å². The number of piperazine rings is 1. The highest BCUT2D eigenvalue weighted by atomic mass is 16.7. The number of piperidine rings is 2. The Morgan fingerprint density at radius 2 is 1.73 bits per heavy atom. The lowest BCUT2D eigenvalue weighted by atomic mass is 9.78. The van der Waals surface area contributed by atoms with Gasteiger partial charge in [-0.2, -0.15) is 0 Å². The maximum Gasteiger partial charge on any atom is 0.312 e. The molecule has 9 rings (SSSR count). The summed E-state index contributed by atoms with van der Waals surface area (Å²) in [4.78, 5) is 63.1. The minimum Gasteiger partial charge on any atom is -0.507 e. The second-order valence-corrected chi connectivity index (χ2v) is 18.5. The van der Waals surface area contributed by atoms with Gasteiger partial charge >= 0.3 is 11.8 Å². The number of phenolic OH excluding ortho intramolecular Hbond substituents is 2. The highest BCUT2D eigenvalue weighted by molar-refractivity contribution is 6.22. The number of ether oxygens (including phenoxy) is 4. The second kappa shape index (κ2) is 17.7. The molecule has 0 radical (unpaired) electrons. The lowest BCUT2D eigenvalue weighted by Gasteiger charge is -2.47. The lowest BCUT2D eigenvalue weighted by Crippen LogP contribution is -2.61. The Morgan fingerprint density at radius 1 is 0.985 bits per heavy atom. The van der Waals surface area contributed by atoms with E-state index in [-0.39, 0.29) is 79.3 Å². The van der Waals surface area contributed by atoms with E-state index < -0.39 is 82.7 Å². The van der Waals surface area contributed by atoms with Gasteiger partial charge in [0.15, 0.2) is 11.3 Å². The van der Waals surface area contributed by atoms with Crippen LogP contribution in [0.3, 0.4) is 0 Å². The Hall–Kier alpha value is -6.01. The van der Waals surface area contributed by atoms with Gasteiger partial charge in [0.05, 0.1) is 35.5 Å². The van der Waals surface area contributed by atoms with Crippen molar-refractivity contribution in [3.63, 3.8) is 0 Å². The minimum absolute atomic E-state index is 0.000451. The maximum absolute atomic E-state index is 14.9. The quantitative estimate of drug-likeness (QED) is 0.0834. The number of hydrogen-bond donors (Lipinski definition) is 6. The first-order valence-electron chi connectivity index (χ1n) is 22.4. The number of esters is 1. The molecule has 352 valence electrons. The molecular formula is C49H58N4O13. The SMILES string of the molecule is CO[C@H]1/C=C/OC2(C)Oc3c(C)c(O)c4c(=O)c(c5oc6cc(N7CC8CCC7CN8)cc(O)c6nc-5c4c3C2=O)NC(=O)/C(C)=C\C=C\[C@H](C)[C@H](O)[C@@H](C)[C@@H](O)[C@@H](C)[C@H](OC(C)=O)[C@@H]1C. The summed E-state index contributed by atoms with van der Waals surface area (Å²) in [5, 5.41) is 52.2. The fourth-order valence-corrected chi connectivity index (χ4v) is 10.1. The van der Waals surface area contributed by atoms with Crippen molar-refractivity contribution in [3.8, 4) is 28.7 Å². The van der Waals surface area contributed by atoms with Crippen molar-refractivity contribution in [2.45, 2.75) is 111 Å². The molecule has 66 heavy (non-hydrogen) atoms. The van der Waals surface area contributed by atoms with Crippen LogP contribution in [-0.4, -0.2) is 106 Å². The number of fused-ring (bicyclic) bond motifs is 5. The summed E-state index contributed by atoms with van der Waals surface area (Å²) in [5.74, 6) is -7.78. The van der Waals surface area contributed by atoms with E-state index in [4.69, 9.17) is 28.3 Å². The number of methoxy groups -OCH3 is 1. The monoisotopic (exact) mass is 910 g/mol. The van der Waals surface area contributed by atoms with Gasteiger partial charge in [0, 0.05) is 104 Å². The third kappa shape index (κ3) is 7.94. The molecule has 17 nitrogen and oxygen atoms in total. The molecule has 6 heterocycles. The second-order valence-electron chi connectivity index (χ2n) is 18.5. The van der Waals surface area contributed by atoms with Crippen molar-refractivity contribution in [3.05, 3.63) is 69.6 Å². The highest BCUT2D eigenvalue weighted by Gasteiger charge is 2.50. The van der Waals surface area contributed by atoms with Gasteiger partial charge in [-0.05, 0) is 32.8 Å². The topological polar surface area (TPSA) is 239 Å². The summed E-state index contributed by atoms with van der Waals surface area (Å²) in [7, 11) is 1.44. The first-order chi connectivity index (χ1) is 31.3. The van der Waals surface area contributed by atoms with Crippen LogP contribution in [0.1, 0.15) is 77.2 Å². The van der Waals surface area contributed by atoms with Crippen molar-refractivity contribution in [1.29, 1.82) is 0 Å². The van der Waals surface area contributed by atoms with Gasteiger partial charge in [0.2, 0.25) is 5.43 Å². The van der Waals surface area contributed by atoms with Gasteiger partial charge in [0.1, 0.15) is 40.3 Å². The largest absolute Gasteiger partial charge is 0.507 e. The summed E-state index contributed by atoms with van der Waals surface area (Å²) < 4.78 is 30.4. The molecule has 6 bridgehead atoms. The molecule has 6 N–H and O–H groups in total. The fraction of sp³-hybridized carbons (Fsp3) is 0.490. The number of benzene rings is 3. The fourth-order valence-electron chi connectivity index (χ4n) is 10.1. The number of aromatic hydroxyl groups is 2. The number of nitrogens with one attached hydrogen (secondary N) is 2. The Morgan fingerprint density at radius 3 is 2.38 bits per heavy atom. The van der Waals surface area contributed by atoms with E-state index in [9.17, 15) is 39.6 Å². The molecule has 17 heteroatoms. The number of rotatable bonds is 3. The van der Waals surface area contributed by atoms with E-state index in [2.05, 4.69) is 15.5 Å². The standard InChI is InChI=1S/C49H58N4O13/c1-21-11-10-12-22(2)48(61)52-39-43(59)35-34(38-46(39)65-33-18-30(17-31(55)37(33)51-38)53-20-28-13-14-29(53)19-50-28)36-45(26(6)42(35)58)66-49(8,47(36)60)63-16-15-32(62-9)23(3)44(64-27(7)54)25(5)41(57)24(4)40(21)56/h10-12,15-18,21,23-25,28-29,32,40-41,44,50,55-58H,13-14,19-20H2,1-9H3,(H,52,61)/b11-10+,16-15+,22-12-/t21-,23+,24+,25+,28?,29?,32-,40-,41+,44+,49?/m0/s1. The number of Topliss-reactive ketones (excluding diaryl/α,β-unsaturated/α-hetero) is 1. The molecule has 6 aliphatic heterocycles. The van der Waals surface area contributed by atoms with E-state index in [1.54, 1.807) is 52.0 Å². The number of phenols is 2. The van der Waals surface area contributed by atoms with Gasteiger partial charge in [-0.3, -0.25) is 19.2 Å². The van der Waals surface area contributed by atoms with E-state index in [1.807, 2.05) is 0 Å². The van der Waals surface area contributed by atoms with Crippen molar-refractivity contribution in [1.82, 2.24) is 10.3 Å². The third-order valence-electron chi connectivity index (χ3n) is 14.1. The number of allylic oxidation sites excluding steroid dienone is 2. The molecule has 3 saturated heterocycles. The maximum atomic E-state index is 14.9. The number of carbonyl (C=O) groups is 3. The molecule has 2 aromatic rings. The van der Waals surface area contributed by atoms with E-state index in [1.165, 1.54) is 53.2 Å². The number of aromatic nitrogens is 1. The Labute approximate surface area is 381 Å². The van der Waals surface area contributed by atoms with Gasteiger partial charge in [-0.25, -0.2) is 4.98 Å². The number of nitrogens with zero attached hydrogens (tertiary/aromatic N) is 2. The number of amides is 1. The number of ketones is 1. The zero-order chi connectivity index (χ0) is 47.7. The van der Waals surface area contributed by atoms with Gasteiger partial charge in [-0.15, -0.1) is 0 Å². The molecule has 2 aromatic carbocycles. The zero-order valence-electron chi connectivity index (χ0n) is 38.5. The zero-order valence-corrected chi connectivity index (χ0v) is 38.5. The predicted molar refractivity (Wildman–Crippen MR) is 245 cm³/mol. The average molecular weight is 911 g/mol. The molecule has 3 unspecified atom stereocenters. The number of aliphatic hydroxyl groups excluding tert-OH is 2. The number of carbonyl (C=O) groups excluding carboxylic acids is 3. The van der Waals surface area contributed by atoms with Crippen LogP contribution in [0.4, 0.5) is 11.4 Å². The first kappa shape index (κ1) is 46.5. The molecule has 0 spiro atoms. The normalized spacial score (nSPS) is 32.5. The van der Waals surface area contributed by atoms with Crippen LogP contribution in [0.15, 0.2) is 57.5 Å².